The van der Waals surface area contributed by atoms with Gasteiger partial charge in [-0.15, -0.1) is 0 Å². The van der Waals surface area contributed by atoms with Gasteiger partial charge in [-0.25, -0.2) is 0 Å². The van der Waals surface area contributed by atoms with Crippen LogP contribution in [0.2, 0.25) is 0 Å². The summed E-state index contributed by atoms with van der Waals surface area (Å²) >= 11 is 0. The first-order valence-electron chi connectivity index (χ1n) is 11.1. The lowest BCUT2D eigenvalue weighted by Crippen LogP contribution is -3.06. The van der Waals surface area contributed by atoms with Crippen LogP contribution in [-0.4, -0.2) is 69.9 Å². The number of quaternary nitrogens is 1. The molecule has 176 valence electrons. The molecule has 9 nitrogen and oxygen atoms in total. The Morgan fingerprint density at radius 3 is 2.50 bits per heavy atom. The van der Waals surface area contributed by atoms with E-state index in [4.69, 9.17) is 9.47 Å². The molecule has 1 saturated heterocycles. The number of nitrogens with zero attached hydrogens (tertiary/aromatic N) is 2. The number of hydrogen-bond donors (Lipinski definition) is 1. The molecule has 1 unspecified atom stereocenters. The fourth-order valence-electron chi connectivity index (χ4n) is 4.92. The van der Waals surface area contributed by atoms with E-state index >= 15 is 0 Å². The van der Waals surface area contributed by atoms with Gasteiger partial charge >= 0.3 is 0 Å². The molecule has 34 heavy (non-hydrogen) atoms. The van der Waals surface area contributed by atoms with Crippen LogP contribution >= 0.6 is 0 Å². The van der Waals surface area contributed by atoms with Crippen molar-refractivity contribution in [3.05, 3.63) is 59.2 Å². The molecule has 0 aliphatic carbocycles. The van der Waals surface area contributed by atoms with E-state index in [1.807, 2.05) is 14.1 Å². The second kappa shape index (κ2) is 7.88. The Labute approximate surface area is 196 Å². The van der Waals surface area contributed by atoms with Gasteiger partial charge in [-0.1, -0.05) is 30.0 Å². The van der Waals surface area contributed by atoms with Crippen molar-refractivity contribution in [2.75, 3.05) is 52.3 Å². The number of carbonyl (C=O) groups is 3. The highest BCUT2D eigenvalue weighted by Crippen LogP contribution is 2.52. The number of likely N-dealkylation sites (tertiary alicyclic amines) is 1. The standard InChI is InChI=1S/C25H25N3O6/c1-26(2)10-11-28-23(31)22(30)20(21(29)15-8-9-18-19(14-15)34-13-12-33-18)25(28)16-6-4-5-7-17(16)27(3)24(25)32/h4-9,14,29H,10-13H2,1-3H3. The third-order valence-corrected chi connectivity index (χ3v) is 6.57. The lowest BCUT2D eigenvalue weighted by atomic mass is 9.82. The van der Waals surface area contributed by atoms with Crippen LogP contribution in [0.3, 0.4) is 0 Å². The molecular formula is C25H25N3O6. The van der Waals surface area contributed by atoms with Crippen molar-refractivity contribution in [2.24, 2.45) is 0 Å². The van der Waals surface area contributed by atoms with Crippen molar-refractivity contribution in [1.82, 2.24) is 4.90 Å². The Kier molecular flexibility index (Phi) is 5.09. The summed E-state index contributed by atoms with van der Waals surface area (Å²) < 4.78 is 11.1. The van der Waals surface area contributed by atoms with Gasteiger partial charge in [-0.05, 0) is 23.8 Å². The smallest absolute Gasteiger partial charge is 0.296 e. The average molecular weight is 463 g/mol. The van der Waals surface area contributed by atoms with E-state index in [0.29, 0.717) is 42.5 Å². The molecule has 1 atom stereocenters. The summed E-state index contributed by atoms with van der Waals surface area (Å²) in [6.07, 6.45) is 0. The zero-order chi connectivity index (χ0) is 24.2. The number of fused-ring (bicyclic) bond motifs is 3. The number of anilines is 1. The second-order valence-electron chi connectivity index (χ2n) is 8.90. The highest BCUT2D eigenvalue weighted by molar-refractivity contribution is 6.49. The van der Waals surface area contributed by atoms with Gasteiger partial charge in [0, 0.05) is 23.9 Å². The maximum atomic E-state index is 13.9. The molecule has 0 bridgehead atoms. The van der Waals surface area contributed by atoms with Crippen molar-refractivity contribution in [3.63, 3.8) is 0 Å². The predicted molar refractivity (Wildman–Crippen MR) is 120 cm³/mol. The summed E-state index contributed by atoms with van der Waals surface area (Å²) in [5.41, 5.74) is -0.982. The lowest BCUT2D eigenvalue weighted by Gasteiger charge is -2.36. The minimum absolute atomic E-state index is 0.138. The maximum Gasteiger partial charge on any atom is 0.296 e. The normalized spacial score (nSPS) is 22.8. The highest BCUT2D eigenvalue weighted by Gasteiger charge is 2.65. The molecule has 0 aromatic heterocycles. The molecule has 2 amide bonds. The van der Waals surface area contributed by atoms with Gasteiger partial charge < -0.3 is 29.3 Å². The zero-order valence-corrected chi connectivity index (χ0v) is 19.2. The Morgan fingerprint density at radius 1 is 1.06 bits per heavy atom. The van der Waals surface area contributed by atoms with Gasteiger partial charge in [0.15, 0.2) is 17.0 Å². The number of para-hydroxylation sites is 1. The number of ether oxygens (including phenoxy) is 2. The number of carbonyl (C=O) groups excluding carboxylic acids is 3. The van der Waals surface area contributed by atoms with Crippen LogP contribution < -0.4 is 24.4 Å². The van der Waals surface area contributed by atoms with Crippen LogP contribution in [0.15, 0.2) is 48.0 Å². The molecule has 0 saturated carbocycles. The molecule has 1 spiro atoms. The molecule has 0 radical (unpaired) electrons. The molecule has 9 heteroatoms. The minimum Gasteiger partial charge on any atom is -0.872 e. The van der Waals surface area contributed by atoms with Gasteiger partial charge in [-0.2, -0.15) is 0 Å². The lowest BCUT2D eigenvalue weighted by molar-refractivity contribution is -0.857. The first-order chi connectivity index (χ1) is 16.3. The van der Waals surface area contributed by atoms with E-state index in [1.165, 1.54) is 21.9 Å². The SMILES string of the molecule is CN1C(=O)C2(C(=C([O-])c3ccc4c(c3)OCCO4)C(=O)C(=O)N2CC[NH+](C)C)c2ccccc21. The van der Waals surface area contributed by atoms with Crippen LogP contribution in [0, 0.1) is 0 Å². The summed E-state index contributed by atoms with van der Waals surface area (Å²) in [6, 6.07) is 11.6. The van der Waals surface area contributed by atoms with E-state index in [-0.39, 0.29) is 17.7 Å². The highest BCUT2D eigenvalue weighted by atomic mass is 16.6. The largest absolute Gasteiger partial charge is 0.872 e. The molecule has 5 rings (SSSR count). The first kappa shape index (κ1) is 22.0. The number of nitrogens with one attached hydrogen (secondary N) is 1. The molecule has 3 aliphatic heterocycles. The molecule has 2 aromatic carbocycles. The summed E-state index contributed by atoms with van der Waals surface area (Å²) in [4.78, 5) is 44.3. The Bertz CT molecular complexity index is 1250. The van der Waals surface area contributed by atoms with E-state index in [0.717, 1.165) is 4.90 Å². The molecule has 1 fully saturated rings. The number of ketones is 1. The second-order valence-corrected chi connectivity index (χ2v) is 8.90. The molecule has 1 N–H and O–H groups in total. The van der Waals surface area contributed by atoms with Gasteiger partial charge in [0.05, 0.1) is 27.2 Å². The molecule has 2 aromatic rings. The monoisotopic (exact) mass is 463 g/mol. The Hall–Kier alpha value is -3.85. The fraction of sp³-hybridized carbons (Fsp3) is 0.320. The van der Waals surface area contributed by atoms with Crippen molar-refractivity contribution in [3.8, 4) is 11.5 Å². The van der Waals surface area contributed by atoms with Gasteiger partial charge in [0.2, 0.25) is 5.78 Å². The minimum atomic E-state index is -1.81. The summed E-state index contributed by atoms with van der Waals surface area (Å²) in [5.74, 6) is -2.09. The van der Waals surface area contributed by atoms with Crippen molar-refractivity contribution in [1.29, 1.82) is 0 Å². The van der Waals surface area contributed by atoms with Crippen molar-refractivity contribution >= 4 is 29.0 Å². The Morgan fingerprint density at radius 2 is 1.76 bits per heavy atom. The maximum absolute atomic E-state index is 13.9. The van der Waals surface area contributed by atoms with Crippen LogP contribution in [0.4, 0.5) is 5.69 Å². The summed E-state index contributed by atoms with van der Waals surface area (Å²) in [7, 11) is 5.41. The Balaban J connectivity index is 1.77. The van der Waals surface area contributed by atoms with Gasteiger partial charge in [0.25, 0.3) is 11.8 Å². The van der Waals surface area contributed by atoms with Gasteiger partial charge in [0.1, 0.15) is 13.2 Å². The third kappa shape index (κ3) is 2.93. The molecule has 3 heterocycles. The van der Waals surface area contributed by atoms with E-state index < -0.39 is 28.9 Å². The number of benzene rings is 2. The van der Waals surface area contributed by atoms with E-state index in [9.17, 15) is 19.5 Å². The predicted octanol–water partition coefficient (Wildman–Crippen LogP) is -1.04. The summed E-state index contributed by atoms with van der Waals surface area (Å²) in [6.45, 7) is 1.36. The van der Waals surface area contributed by atoms with Crippen molar-refractivity contribution in [2.45, 2.75) is 5.54 Å². The number of amides is 2. The van der Waals surface area contributed by atoms with Crippen molar-refractivity contribution < 1.29 is 33.9 Å². The first-order valence-corrected chi connectivity index (χ1v) is 11.1. The topological polar surface area (TPSA) is 104 Å². The number of hydrogen-bond acceptors (Lipinski definition) is 6. The number of likely N-dealkylation sites (N-methyl/N-ethyl adjacent to an activating group) is 2. The third-order valence-electron chi connectivity index (χ3n) is 6.57. The zero-order valence-electron chi connectivity index (χ0n) is 19.2. The number of Topliss-reactive ketones (excluding diaryl/α,β-unsaturated/α-hetero) is 1. The average Bonchev–Trinajstić information content (AvgIpc) is 3.20. The quantitative estimate of drug-likeness (QED) is 0.353. The molecule has 3 aliphatic rings. The fourth-order valence-corrected chi connectivity index (χ4v) is 4.92. The van der Waals surface area contributed by atoms with Crippen LogP contribution in [-0.2, 0) is 19.9 Å². The molecular weight excluding hydrogens is 438 g/mol. The van der Waals surface area contributed by atoms with Gasteiger partial charge in [-0.3, -0.25) is 14.4 Å². The van der Waals surface area contributed by atoms with Crippen LogP contribution in [0.1, 0.15) is 11.1 Å². The van der Waals surface area contributed by atoms with E-state index in [1.54, 1.807) is 37.4 Å². The van der Waals surface area contributed by atoms with Crippen LogP contribution in [0.25, 0.3) is 5.76 Å². The summed E-state index contributed by atoms with van der Waals surface area (Å²) in [5, 5.41) is 13.9. The number of rotatable bonds is 4. The van der Waals surface area contributed by atoms with E-state index in [2.05, 4.69) is 0 Å². The van der Waals surface area contributed by atoms with Crippen LogP contribution in [0.5, 0.6) is 11.5 Å².